The number of fused-ring (bicyclic) bond motifs is 1. The van der Waals surface area contributed by atoms with Crippen molar-refractivity contribution in [2.45, 2.75) is 26.0 Å². The second kappa shape index (κ2) is 10.7. The summed E-state index contributed by atoms with van der Waals surface area (Å²) in [6, 6.07) is 25.4. The first-order valence-corrected chi connectivity index (χ1v) is 11.3. The minimum atomic E-state index is -0.995. The van der Waals surface area contributed by atoms with Crippen LogP contribution in [0.4, 0.5) is 5.95 Å². The highest BCUT2D eigenvalue weighted by Crippen LogP contribution is 2.24. The number of ether oxygens (including phenoxy) is 2. The van der Waals surface area contributed by atoms with Crippen molar-refractivity contribution in [3.63, 3.8) is 0 Å². The Kier molecular flexibility index (Phi) is 7.32. The number of benzene rings is 3. The minimum absolute atomic E-state index is 0.532. The number of nitrogens with zero attached hydrogens (tertiary/aromatic N) is 3. The van der Waals surface area contributed by atoms with E-state index in [0.29, 0.717) is 18.9 Å². The van der Waals surface area contributed by atoms with E-state index >= 15 is 0 Å². The number of anilines is 1. The Bertz CT molecular complexity index is 1240. The summed E-state index contributed by atoms with van der Waals surface area (Å²) in [7, 11) is 2.02. The molecule has 7 nitrogen and oxygen atoms in total. The van der Waals surface area contributed by atoms with Crippen LogP contribution in [0.3, 0.4) is 0 Å². The van der Waals surface area contributed by atoms with Crippen molar-refractivity contribution in [1.82, 2.24) is 9.55 Å². The Labute approximate surface area is 199 Å². The van der Waals surface area contributed by atoms with Gasteiger partial charge in [-0.1, -0.05) is 42.5 Å². The maximum atomic E-state index is 11.2. The number of hydrogen-bond acceptors (Lipinski definition) is 5. The topological polar surface area (TPSA) is 76.8 Å². The van der Waals surface area contributed by atoms with Crippen LogP contribution in [0.15, 0.2) is 78.9 Å². The highest BCUT2D eigenvalue weighted by molar-refractivity contribution is 5.78. The molecule has 0 amide bonds. The van der Waals surface area contributed by atoms with Gasteiger partial charge in [0.15, 0.2) is 6.10 Å². The van der Waals surface area contributed by atoms with Gasteiger partial charge >= 0.3 is 5.97 Å². The molecule has 1 atom stereocenters. The quantitative estimate of drug-likeness (QED) is 0.322. The molecule has 0 aliphatic rings. The fraction of sp³-hybridized carbons (Fsp3) is 0.259. The van der Waals surface area contributed by atoms with Crippen LogP contribution in [0, 0.1) is 0 Å². The molecule has 4 rings (SSSR count). The van der Waals surface area contributed by atoms with E-state index in [1.807, 2.05) is 73.8 Å². The predicted octanol–water partition coefficient (Wildman–Crippen LogP) is 4.90. The molecule has 34 heavy (non-hydrogen) atoms. The molecule has 0 bridgehead atoms. The molecular weight excluding hydrogens is 430 g/mol. The Morgan fingerprint density at radius 1 is 1.03 bits per heavy atom. The van der Waals surface area contributed by atoms with Crippen molar-refractivity contribution in [2.75, 3.05) is 18.1 Å². The van der Waals surface area contributed by atoms with E-state index in [0.717, 1.165) is 41.3 Å². The van der Waals surface area contributed by atoms with Gasteiger partial charge in [0, 0.05) is 20.1 Å². The molecule has 0 aliphatic heterocycles. The van der Waals surface area contributed by atoms with Crippen molar-refractivity contribution in [1.29, 1.82) is 0 Å². The van der Waals surface area contributed by atoms with E-state index in [2.05, 4.69) is 15.5 Å². The molecule has 4 aromatic rings. The minimum Gasteiger partial charge on any atom is -0.494 e. The molecule has 1 heterocycles. The molecule has 3 aromatic carbocycles. The van der Waals surface area contributed by atoms with E-state index in [-0.39, 0.29) is 0 Å². The van der Waals surface area contributed by atoms with Crippen LogP contribution in [0.2, 0.25) is 0 Å². The lowest BCUT2D eigenvalue weighted by molar-refractivity contribution is -0.144. The van der Waals surface area contributed by atoms with Crippen LogP contribution in [-0.4, -0.2) is 39.9 Å². The van der Waals surface area contributed by atoms with Crippen LogP contribution in [-0.2, 0) is 18.4 Å². The van der Waals surface area contributed by atoms with Crippen molar-refractivity contribution < 1.29 is 19.4 Å². The lowest BCUT2D eigenvalue weighted by Gasteiger charge is -2.24. The Hall–Kier alpha value is -4.00. The van der Waals surface area contributed by atoms with Gasteiger partial charge < -0.3 is 24.0 Å². The third-order valence-corrected chi connectivity index (χ3v) is 5.56. The van der Waals surface area contributed by atoms with Gasteiger partial charge in [-0.05, 0) is 55.3 Å². The third kappa shape index (κ3) is 5.67. The van der Waals surface area contributed by atoms with Crippen LogP contribution in [0.25, 0.3) is 11.0 Å². The van der Waals surface area contributed by atoms with E-state index < -0.39 is 12.1 Å². The lowest BCUT2D eigenvalue weighted by atomic mass is 10.2. The molecular formula is C27H29N3O4. The van der Waals surface area contributed by atoms with Crippen LogP contribution in [0.1, 0.15) is 18.9 Å². The largest absolute Gasteiger partial charge is 0.494 e. The summed E-state index contributed by atoms with van der Waals surface area (Å²) in [6.07, 6.45) is -0.106. The number of carboxylic acids is 1. The zero-order chi connectivity index (χ0) is 23.9. The van der Waals surface area contributed by atoms with Crippen molar-refractivity contribution in [2.24, 2.45) is 7.05 Å². The monoisotopic (exact) mass is 459 g/mol. The highest BCUT2D eigenvalue weighted by Gasteiger charge is 2.17. The summed E-state index contributed by atoms with van der Waals surface area (Å²) < 4.78 is 13.5. The molecule has 176 valence electrons. The second-order valence-corrected chi connectivity index (χ2v) is 8.14. The van der Waals surface area contributed by atoms with Crippen LogP contribution < -0.4 is 14.4 Å². The van der Waals surface area contributed by atoms with Gasteiger partial charge in [0.25, 0.3) is 0 Å². The number of carboxylic acid groups (broad SMARTS) is 1. The molecule has 1 unspecified atom stereocenters. The van der Waals surface area contributed by atoms with E-state index in [4.69, 9.17) is 19.6 Å². The van der Waals surface area contributed by atoms with Crippen molar-refractivity contribution in [3.8, 4) is 11.5 Å². The number of rotatable bonds is 11. The Morgan fingerprint density at radius 2 is 1.76 bits per heavy atom. The summed E-state index contributed by atoms with van der Waals surface area (Å²) >= 11 is 0. The number of hydrogen-bond donors (Lipinski definition) is 1. The molecule has 0 fully saturated rings. The summed E-state index contributed by atoms with van der Waals surface area (Å²) in [6.45, 7) is 3.44. The Morgan fingerprint density at radius 3 is 2.53 bits per heavy atom. The van der Waals surface area contributed by atoms with Gasteiger partial charge in [-0.15, -0.1) is 0 Å². The second-order valence-electron chi connectivity index (χ2n) is 8.14. The van der Waals surface area contributed by atoms with Crippen LogP contribution >= 0.6 is 0 Å². The van der Waals surface area contributed by atoms with E-state index in [1.165, 1.54) is 6.92 Å². The van der Waals surface area contributed by atoms with Crippen molar-refractivity contribution in [3.05, 3.63) is 84.4 Å². The van der Waals surface area contributed by atoms with E-state index in [1.54, 1.807) is 6.07 Å². The summed E-state index contributed by atoms with van der Waals surface area (Å²) in [5.41, 5.74) is 3.01. The molecule has 0 saturated carbocycles. The van der Waals surface area contributed by atoms with Gasteiger partial charge in [-0.3, -0.25) is 0 Å². The molecule has 7 heteroatoms. The van der Waals surface area contributed by atoms with E-state index in [9.17, 15) is 4.79 Å². The predicted molar refractivity (Wildman–Crippen MR) is 132 cm³/mol. The Balaban J connectivity index is 1.52. The molecule has 0 spiro atoms. The van der Waals surface area contributed by atoms with Gasteiger partial charge in [-0.25, -0.2) is 9.78 Å². The van der Waals surface area contributed by atoms with Gasteiger partial charge in [0.05, 0.1) is 17.6 Å². The summed E-state index contributed by atoms with van der Waals surface area (Å²) in [5.74, 6) is 1.26. The number of aromatic nitrogens is 2. The summed E-state index contributed by atoms with van der Waals surface area (Å²) in [5, 5.41) is 9.15. The lowest BCUT2D eigenvalue weighted by Crippen LogP contribution is -2.28. The fourth-order valence-electron chi connectivity index (χ4n) is 3.82. The van der Waals surface area contributed by atoms with Gasteiger partial charge in [0.2, 0.25) is 5.95 Å². The normalized spacial score (nSPS) is 11.8. The SMILES string of the molecule is CC(Oc1cccc(CN(CCCOc2ccccc2)c2nc3ccccc3n2C)c1)C(=O)O. The number of carbonyl (C=O) groups is 1. The molecule has 0 radical (unpaired) electrons. The number of para-hydroxylation sites is 3. The first kappa shape index (κ1) is 23.2. The van der Waals surface area contributed by atoms with Crippen molar-refractivity contribution >= 4 is 23.0 Å². The maximum Gasteiger partial charge on any atom is 0.344 e. The molecule has 1 N–H and O–H groups in total. The molecule has 1 aromatic heterocycles. The number of imidazole rings is 1. The molecule has 0 aliphatic carbocycles. The van der Waals surface area contributed by atoms with Gasteiger partial charge in [0.1, 0.15) is 11.5 Å². The summed E-state index contributed by atoms with van der Waals surface area (Å²) in [4.78, 5) is 18.3. The number of aryl methyl sites for hydroxylation is 1. The maximum absolute atomic E-state index is 11.2. The third-order valence-electron chi connectivity index (χ3n) is 5.56. The smallest absolute Gasteiger partial charge is 0.344 e. The first-order valence-electron chi connectivity index (χ1n) is 11.3. The average Bonchev–Trinajstić information content (AvgIpc) is 3.18. The molecule has 0 saturated heterocycles. The zero-order valence-electron chi connectivity index (χ0n) is 19.4. The average molecular weight is 460 g/mol. The van der Waals surface area contributed by atoms with Gasteiger partial charge in [-0.2, -0.15) is 0 Å². The zero-order valence-corrected chi connectivity index (χ0v) is 19.4. The first-order chi connectivity index (χ1) is 16.5. The van der Waals surface area contributed by atoms with Crippen LogP contribution in [0.5, 0.6) is 11.5 Å². The highest BCUT2D eigenvalue weighted by atomic mass is 16.5. The number of aliphatic carboxylic acids is 1. The standard InChI is InChI=1S/C27H29N3O4/c1-20(26(31)32)34-23-13-8-10-21(18-23)19-30(16-9-17-33-22-11-4-3-5-12-22)27-28-24-14-6-7-15-25(24)29(27)2/h3-8,10-15,18,20H,9,16-17,19H2,1-2H3,(H,31,32). The fourth-order valence-corrected chi connectivity index (χ4v) is 3.82.